The average molecular weight is 267 g/mol. The van der Waals surface area contributed by atoms with E-state index in [1.807, 2.05) is 0 Å². The molecule has 0 aromatic heterocycles. The lowest BCUT2D eigenvalue weighted by atomic mass is 9.97. The molecule has 0 amide bonds. The Morgan fingerprint density at radius 3 is 2.79 bits per heavy atom. The van der Waals surface area contributed by atoms with Crippen molar-refractivity contribution in [1.82, 2.24) is 9.80 Å². The Bertz CT molecular complexity index is 244. The van der Waals surface area contributed by atoms with Gasteiger partial charge in [-0.2, -0.15) is 0 Å². The monoisotopic (exact) mass is 267 g/mol. The van der Waals surface area contributed by atoms with Crippen LogP contribution in [0.3, 0.4) is 0 Å². The van der Waals surface area contributed by atoms with Gasteiger partial charge in [0.2, 0.25) is 0 Å². The topological polar surface area (TPSA) is 32.5 Å². The zero-order chi connectivity index (χ0) is 13.5. The van der Waals surface area contributed by atoms with Crippen molar-refractivity contribution in [3.05, 3.63) is 0 Å². The summed E-state index contributed by atoms with van der Waals surface area (Å²) in [4.78, 5) is 5.41. The number of hydrogen-bond acceptors (Lipinski definition) is 3. The van der Waals surface area contributed by atoms with Crippen LogP contribution in [0.2, 0.25) is 0 Å². The molecule has 2 heterocycles. The Morgan fingerprint density at radius 2 is 2.00 bits per heavy atom. The van der Waals surface area contributed by atoms with Crippen LogP contribution in [0.25, 0.3) is 0 Å². The molecule has 0 saturated carbocycles. The maximum Gasteiger partial charge on any atom is 0.0223 e. The van der Waals surface area contributed by atoms with E-state index in [-0.39, 0.29) is 0 Å². The fourth-order valence-electron chi connectivity index (χ4n) is 3.77. The summed E-state index contributed by atoms with van der Waals surface area (Å²) in [5, 5.41) is 0. The van der Waals surface area contributed by atoms with Crippen LogP contribution in [-0.2, 0) is 0 Å². The van der Waals surface area contributed by atoms with Gasteiger partial charge in [0.15, 0.2) is 0 Å². The van der Waals surface area contributed by atoms with Crippen molar-refractivity contribution in [3.8, 4) is 0 Å². The maximum atomic E-state index is 6.03. The predicted octanol–water partition coefficient (Wildman–Crippen LogP) is 2.45. The van der Waals surface area contributed by atoms with E-state index in [0.29, 0.717) is 6.04 Å². The van der Waals surface area contributed by atoms with Crippen LogP contribution in [0.15, 0.2) is 0 Å². The standard InChI is InChI=1S/C16H33N3/c1-2-3-4-5-8-15(13-17)19-12-11-18-10-7-6-9-16(18)14-19/h15-16H,2-14,17H2,1H3. The molecule has 0 aromatic rings. The van der Waals surface area contributed by atoms with Crippen LogP contribution >= 0.6 is 0 Å². The van der Waals surface area contributed by atoms with Gasteiger partial charge in [-0.25, -0.2) is 0 Å². The van der Waals surface area contributed by atoms with Crippen LogP contribution in [0.4, 0.5) is 0 Å². The number of nitrogens with two attached hydrogens (primary N) is 1. The number of hydrogen-bond donors (Lipinski definition) is 1. The number of unbranched alkanes of at least 4 members (excludes halogenated alkanes) is 3. The lowest BCUT2D eigenvalue weighted by Crippen LogP contribution is -2.58. The zero-order valence-corrected chi connectivity index (χ0v) is 12.8. The predicted molar refractivity (Wildman–Crippen MR) is 82.4 cm³/mol. The molecular formula is C16H33N3. The second-order valence-electron chi connectivity index (χ2n) is 6.42. The van der Waals surface area contributed by atoms with Gasteiger partial charge in [-0.3, -0.25) is 9.80 Å². The molecule has 2 rings (SSSR count). The van der Waals surface area contributed by atoms with E-state index in [1.165, 1.54) is 77.5 Å². The van der Waals surface area contributed by atoms with E-state index < -0.39 is 0 Å². The summed E-state index contributed by atoms with van der Waals surface area (Å²) < 4.78 is 0. The van der Waals surface area contributed by atoms with E-state index in [9.17, 15) is 0 Å². The molecule has 3 nitrogen and oxygen atoms in total. The number of piperazine rings is 1. The first kappa shape index (κ1) is 15.3. The first-order chi connectivity index (χ1) is 9.35. The molecule has 0 radical (unpaired) electrons. The number of piperidine rings is 1. The third kappa shape index (κ3) is 4.44. The molecule has 2 aliphatic rings. The van der Waals surface area contributed by atoms with Crippen LogP contribution in [0, 0.1) is 0 Å². The lowest BCUT2D eigenvalue weighted by molar-refractivity contribution is 0.0266. The van der Waals surface area contributed by atoms with Crippen molar-refractivity contribution < 1.29 is 0 Å². The van der Waals surface area contributed by atoms with Gasteiger partial charge in [0.25, 0.3) is 0 Å². The van der Waals surface area contributed by atoms with Crippen molar-refractivity contribution in [3.63, 3.8) is 0 Å². The number of rotatable bonds is 7. The highest BCUT2D eigenvalue weighted by Crippen LogP contribution is 2.23. The molecule has 0 aromatic carbocycles. The molecule has 0 bridgehead atoms. The molecule has 2 fully saturated rings. The van der Waals surface area contributed by atoms with Gasteiger partial charge in [-0.1, -0.05) is 39.0 Å². The van der Waals surface area contributed by atoms with Crippen LogP contribution in [0.5, 0.6) is 0 Å². The molecule has 112 valence electrons. The lowest BCUT2D eigenvalue weighted by Gasteiger charge is -2.46. The fourth-order valence-corrected chi connectivity index (χ4v) is 3.77. The summed E-state index contributed by atoms with van der Waals surface area (Å²) >= 11 is 0. The van der Waals surface area contributed by atoms with Crippen molar-refractivity contribution in [2.24, 2.45) is 5.73 Å². The third-order valence-electron chi connectivity index (χ3n) is 5.05. The van der Waals surface area contributed by atoms with E-state index in [4.69, 9.17) is 5.73 Å². The Hall–Kier alpha value is -0.120. The summed E-state index contributed by atoms with van der Waals surface area (Å²) in [5.74, 6) is 0. The van der Waals surface area contributed by atoms with Crippen molar-refractivity contribution in [2.45, 2.75) is 70.4 Å². The molecule has 2 aliphatic heterocycles. The van der Waals surface area contributed by atoms with E-state index >= 15 is 0 Å². The number of nitrogens with zero attached hydrogens (tertiary/aromatic N) is 2. The average Bonchev–Trinajstić information content (AvgIpc) is 2.47. The zero-order valence-electron chi connectivity index (χ0n) is 12.8. The molecule has 2 unspecified atom stereocenters. The minimum atomic E-state index is 0.640. The van der Waals surface area contributed by atoms with Gasteiger partial charge in [0.05, 0.1) is 0 Å². The molecule has 0 spiro atoms. The first-order valence-corrected chi connectivity index (χ1v) is 8.53. The highest BCUT2D eigenvalue weighted by molar-refractivity contribution is 4.88. The van der Waals surface area contributed by atoms with Gasteiger partial charge in [0.1, 0.15) is 0 Å². The van der Waals surface area contributed by atoms with Gasteiger partial charge in [-0.05, 0) is 25.8 Å². The molecule has 2 atom stereocenters. The van der Waals surface area contributed by atoms with Crippen molar-refractivity contribution in [1.29, 1.82) is 0 Å². The van der Waals surface area contributed by atoms with E-state index in [2.05, 4.69) is 16.7 Å². The van der Waals surface area contributed by atoms with Crippen molar-refractivity contribution in [2.75, 3.05) is 32.7 Å². The van der Waals surface area contributed by atoms with Gasteiger partial charge in [0, 0.05) is 38.3 Å². The quantitative estimate of drug-likeness (QED) is 0.719. The Labute approximate surface area is 119 Å². The Kier molecular flexibility index (Phi) is 6.62. The summed E-state index contributed by atoms with van der Waals surface area (Å²) in [5.41, 5.74) is 6.03. The minimum Gasteiger partial charge on any atom is -0.329 e. The first-order valence-electron chi connectivity index (χ1n) is 8.53. The fraction of sp³-hybridized carbons (Fsp3) is 1.00. The number of fused-ring (bicyclic) bond motifs is 1. The van der Waals surface area contributed by atoms with Crippen LogP contribution in [0.1, 0.15) is 58.3 Å². The van der Waals surface area contributed by atoms with Crippen LogP contribution < -0.4 is 5.73 Å². The summed E-state index contributed by atoms with van der Waals surface area (Å²) in [6, 6.07) is 1.47. The van der Waals surface area contributed by atoms with Crippen LogP contribution in [-0.4, -0.2) is 54.6 Å². The smallest absolute Gasteiger partial charge is 0.0223 e. The normalized spacial score (nSPS) is 27.2. The van der Waals surface area contributed by atoms with E-state index in [0.717, 1.165) is 12.6 Å². The second kappa shape index (κ2) is 8.23. The van der Waals surface area contributed by atoms with Gasteiger partial charge >= 0.3 is 0 Å². The highest BCUT2D eigenvalue weighted by atomic mass is 15.3. The largest absolute Gasteiger partial charge is 0.329 e. The van der Waals surface area contributed by atoms with Gasteiger partial charge in [-0.15, -0.1) is 0 Å². The van der Waals surface area contributed by atoms with Crippen molar-refractivity contribution >= 4 is 0 Å². The molecule has 0 aliphatic carbocycles. The molecular weight excluding hydrogens is 234 g/mol. The maximum absolute atomic E-state index is 6.03. The Morgan fingerprint density at radius 1 is 1.11 bits per heavy atom. The minimum absolute atomic E-state index is 0.640. The highest BCUT2D eigenvalue weighted by Gasteiger charge is 2.31. The molecule has 19 heavy (non-hydrogen) atoms. The SMILES string of the molecule is CCCCCCC(CN)N1CCN2CCCCC2C1. The van der Waals surface area contributed by atoms with E-state index in [1.54, 1.807) is 0 Å². The Balaban J connectivity index is 1.75. The van der Waals surface area contributed by atoms with Gasteiger partial charge < -0.3 is 5.73 Å². The molecule has 3 heteroatoms. The third-order valence-corrected chi connectivity index (χ3v) is 5.05. The second-order valence-corrected chi connectivity index (χ2v) is 6.42. The summed E-state index contributed by atoms with van der Waals surface area (Å²) in [6.45, 7) is 8.25. The summed E-state index contributed by atoms with van der Waals surface area (Å²) in [6.07, 6.45) is 11.0. The summed E-state index contributed by atoms with van der Waals surface area (Å²) in [7, 11) is 0. The molecule has 2 N–H and O–H groups in total. The molecule has 2 saturated heterocycles.